The van der Waals surface area contributed by atoms with Gasteiger partial charge in [-0.1, -0.05) is 13.3 Å². The summed E-state index contributed by atoms with van der Waals surface area (Å²) >= 11 is 0. The lowest BCUT2D eigenvalue weighted by Crippen LogP contribution is -2.23. The van der Waals surface area contributed by atoms with Gasteiger partial charge in [-0.05, 0) is 13.3 Å². The molecule has 0 bridgehead atoms. The molecule has 0 heterocycles. The average molecular weight is 188 g/mol. The van der Waals surface area contributed by atoms with Crippen LogP contribution in [0.5, 0.6) is 0 Å². The summed E-state index contributed by atoms with van der Waals surface area (Å²) in [6, 6.07) is 0. The zero-order chi connectivity index (χ0) is 10.3. The number of esters is 1. The zero-order valence-corrected chi connectivity index (χ0v) is 8.33. The average Bonchev–Trinajstić information content (AvgIpc) is 2.04. The van der Waals surface area contributed by atoms with Gasteiger partial charge >= 0.3 is 5.97 Å². The summed E-state index contributed by atoms with van der Waals surface area (Å²) in [6.07, 6.45) is 1.30. The largest absolute Gasteiger partial charge is 0.430 e. The molecule has 0 aliphatic rings. The molecule has 0 N–H and O–H groups in total. The fourth-order valence-corrected chi connectivity index (χ4v) is 0.661. The van der Waals surface area contributed by atoms with Crippen LogP contribution in [-0.4, -0.2) is 24.6 Å². The first kappa shape index (κ1) is 12.1. The van der Waals surface area contributed by atoms with Crippen LogP contribution in [0.4, 0.5) is 0 Å². The monoisotopic (exact) mass is 188 g/mol. The minimum Gasteiger partial charge on any atom is -0.430 e. The highest BCUT2D eigenvalue weighted by Gasteiger charge is 2.13. The first-order valence-electron chi connectivity index (χ1n) is 4.41. The summed E-state index contributed by atoms with van der Waals surface area (Å²) in [5.41, 5.74) is 0. The lowest BCUT2D eigenvalue weighted by Gasteiger charge is -2.12. The first-order valence-corrected chi connectivity index (χ1v) is 4.41. The van der Waals surface area contributed by atoms with Gasteiger partial charge in [0.15, 0.2) is 0 Å². The third-order valence-electron chi connectivity index (χ3n) is 1.41. The molecule has 0 rings (SSSR count). The highest BCUT2D eigenvalue weighted by Crippen LogP contribution is 1.97. The predicted octanol–water partition coefficient (Wildman–Crippen LogP) is 1.28. The van der Waals surface area contributed by atoms with E-state index in [9.17, 15) is 9.59 Å². The Morgan fingerprint density at radius 2 is 2.00 bits per heavy atom. The predicted molar refractivity (Wildman–Crippen MR) is 47.1 cm³/mol. The highest BCUT2D eigenvalue weighted by atomic mass is 16.7. The summed E-state index contributed by atoms with van der Waals surface area (Å²) in [7, 11) is 0. The van der Waals surface area contributed by atoms with Gasteiger partial charge in [0.2, 0.25) is 12.1 Å². The molecule has 0 aromatic rings. The SMILES string of the molecule is CCCCOC(C)OC(=O)C(C)=O. The van der Waals surface area contributed by atoms with Crippen molar-refractivity contribution in [2.24, 2.45) is 0 Å². The Hall–Kier alpha value is -0.900. The Kier molecular flexibility index (Phi) is 6.14. The third kappa shape index (κ3) is 6.28. The van der Waals surface area contributed by atoms with E-state index in [4.69, 9.17) is 4.74 Å². The molecule has 0 aromatic carbocycles. The number of hydrogen-bond donors (Lipinski definition) is 0. The van der Waals surface area contributed by atoms with E-state index in [1.54, 1.807) is 6.92 Å². The van der Waals surface area contributed by atoms with Crippen molar-refractivity contribution in [1.29, 1.82) is 0 Å². The standard InChI is InChI=1S/C9H16O4/c1-4-5-6-12-8(3)13-9(11)7(2)10/h8H,4-6H2,1-3H3. The maximum atomic E-state index is 10.7. The van der Waals surface area contributed by atoms with Gasteiger partial charge in [-0.25, -0.2) is 4.79 Å². The fourth-order valence-electron chi connectivity index (χ4n) is 0.661. The number of carbonyl (C=O) groups is 2. The van der Waals surface area contributed by atoms with E-state index in [1.165, 1.54) is 6.92 Å². The number of ketones is 1. The fraction of sp³-hybridized carbons (Fsp3) is 0.778. The van der Waals surface area contributed by atoms with Crippen molar-refractivity contribution in [3.05, 3.63) is 0 Å². The van der Waals surface area contributed by atoms with E-state index in [1.807, 2.05) is 6.92 Å². The summed E-state index contributed by atoms with van der Waals surface area (Å²) in [6.45, 7) is 5.34. The number of rotatable bonds is 6. The molecule has 0 fully saturated rings. The second-order valence-corrected chi connectivity index (χ2v) is 2.75. The van der Waals surface area contributed by atoms with E-state index in [0.29, 0.717) is 6.61 Å². The minimum atomic E-state index is -0.844. The molecule has 4 heteroatoms. The van der Waals surface area contributed by atoms with Gasteiger partial charge in [0.25, 0.3) is 0 Å². The molecule has 0 aliphatic carbocycles. The van der Waals surface area contributed by atoms with Gasteiger partial charge < -0.3 is 9.47 Å². The minimum absolute atomic E-state index is 0.544. The van der Waals surface area contributed by atoms with Crippen molar-refractivity contribution in [1.82, 2.24) is 0 Å². The van der Waals surface area contributed by atoms with Crippen LogP contribution in [0.2, 0.25) is 0 Å². The quantitative estimate of drug-likeness (QED) is 0.273. The summed E-state index contributed by atoms with van der Waals surface area (Å²) in [4.78, 5) is 21.2. The van der Waals surface area contributed by atoms with Crippen molar-refractivity contribution in [3.63, 3.8) is 0 Å². The van der Waals surface area contributed by atoms with E-state index in [2.05, 4.69) is 4.74 Å². The van der Waals surface area contributed by atoms with E-state index < -0.39 is 18.0 Å². The van der Waals surface area contributed by atoms with Crippen LogP contribution in [-0.2, 0) is 19.1 Å². The van der Waals surface area contributed by atoms with Gasteiger partial charge in [0.1, 0.15) is 0 Å². The van der Waals surface area contributed by atoms with Crippen LogP contribution in [0.3, 0.4) is 0 Å². The molecule has 76 valence electrons. The van der Waals surface area contributed by atoms with Crippen LogP contribution in [0.1, 0.15) is 33.6 Å². The van der Waals surface area contributed by atoms with Crippen LogP contribution >= 0.6 is 0 Å². The maximum Gasteiger partial charge on any atom is 0.376 e. The van der Waals surface area contributed by atoms with Crippen molar-refractivity contribution >= 4 is 11.8 Å². The Bertz CT molecular complexity index is 176. The number of carbonyl (C=O) groups excluding carboxylic acids is 2. The Balaban J connectivity index is 3.55. The van der Waals surface area contributed by atoms with Crippen molar-refractivity contribution in [2.75, 3.05) is 6.61 Å². The molecule has 0 radical (unpaired) electrons. The summed E-state index contributed by atoms with van der Waals surface area (Å²) in [5, 5.41) is 0. The molecule has 1 atom stereocenters. The number of Topliss-reactive ketones (excluding diaryl/α,β-unsaturated/α-hetero) is 1. The molecule has 0 spiro atoms. The molecule has 4 nitrogen and oxygen atoms in total. The second-order valence-electron chi connectivity index (χ2n) is 2.75. The normalized spacial score (nSPS) is 12.2. The topological polar surface area (TPSA) is 52.6 Å². The van der Waals surface area contributed by atoms with E-state index in [-0.39, 0.29) is 0 Å². The van der Waals surface area contributed by atoms with E-state index >= 15 is 0 Å². The highest BCUT2D eigenvalue weighted by molar-refractivity contribution is 6.32. The molecular weight excluding hydrogens is 172 g/mol. The molecule has 0 aromatic heterocycles. The van der Waals surface area contributed by atoms with Gasteiger partial charge in [0, 0.05) is 6.92 Å². The lowest BCUT2D eigenvalue weighted by molar-refractivity contribution is -0.177. The van der Waals surface area contributed by atoms with Crippen LogP contribution in [0.25, 0.3) is 0 Å². The number of ether oxygens (including phenoxy) is 2. The smallest absolute Gasteiger partial charge is 0.376 e. The van der Waals surface area contributed by atoms with Gasteiger partial charge in [-0.15, -0.1) is 0 Å². The summed E-state index contributed by atoms with van der Waals surface area (Å²) in [5.74, 6) is -1.45. The Labute approximate surface area is 78.2 Å². The van der Waals surface area contributed by atoms with Crippen LogP contribution < -0.4 is 0 Å². The molecule has 1 unspecified atom stereocenters. The molecular formula is C9H16O4. The van der Waals surface area contributed by atoms with Gasteiger partial charge in [0.05, 0.1) is 6.61 Å². The first-order chi connectivity index (χ1) is 6.07. The molecule has 0 saturated carbocycles. The zero-order valence-electron chi connectivity index (χ0n) is 8.33. The van der Waals surface area contributed by atoms with Gasteiger partial charge in [-0.3, -0.25) is 4.79 Å². The molecule has 13 heavy (non-hydrogen) atoms. The third-order valence-corrected chi connectivity index (χ3v) is 1.41. The van der Waals surface area contributed by atoms with Crippen molar-refractivity contribution in [3.8, 4) is 0 Å². The maximum absolute atomic E-state index is 10.7. The molecule has 0 aliphatic heterocycles. The van der Waals surface area contributed by atoms with Crippen LogP contribution in [0.15, 0.2) is 0 Å². The van der Waals surface area contributed by atoms with E-state index in [0.717, 1.165) is 12.8 Å². The molecule has 0 saturated heterocycles. The van der Waals surface area contributed by atoms with Crippen molar-refractivity contribution in [2.45, 2.75) is 39.9 Å². The number of hydrogen-bond acceptors (Lipinski definition) is 4. The second kappa shape index (κ2) is 6.60. The number of unbranched alkanes of at least 4 members (excludes halogenated alkanes) is 1. The van der Waals surface area contributed by atoms with Gasteiger partial charge in [-0.2, -0.15) is 0 Å². The lowest BCUT2D eigenvalue weighted by atomic mass is 10.4. The Morgan fingerprint density at radius 1 is 1.38 bits per heavy atom. The van der Waals surface area contributed by atoms with Crippen LogP contribution in [0, 0.1) is 0 Å². The molecule has 0 amide bonds. The van der Waals surface area contributed by atoms with Crippen molar-refractivity contribution < 1.29 is 19.1 Å². The summed E-state index contributed by atoms with van der Waals surface area (Å²) < 4.78 is 9.76. The Morgan fingerprint density at radius 3 is 2.46 bits per heavy atom.